The van der Waals surface area contributed by atoms with E-state index in [4.69, 9.17) is 27.9 Å². The Morgan fingerprint density at radius 2 is 1.81 bits per heavy atom. The van der Waals surface area contributed by atoms with Crippen LogP contribution in [0.15, 0.2) is 36.4 Å². The summed E-state index contributed by atoms with van der Waals surface area (Å²) >= 11 is 11.9. The first kappa shape index (κ1) is 15.7. The van der Waals surface area contributed by atoms with Crippen LogP contribution >= 0.6 is 23.2 Å². The smallest absolute Gasteiger partial charge is 0.262 e. The summed E-state index contributed by atoms with van der Waals surface area (Å²) < 4.78 is 5.48. The van der Waals surface area contributed by atoms with Crippen molar-refractivity contribution >= 4 is 34.8 Å². The van der Waals surface area contributed by atoms with Crippen molar-refractivity contribution in [1.29, 1.82) is 0 Å². The fourth-order valence-corrected chi connectivity index (χ4v) is 2.20. The van der Waals surface area contributed by atoms with Gasteiger partial charge in [-0.1, -0.05) is 29.3 Å². The van der Waals surface area contributed by atoms with Crippen LogP contribution in [0.3, 0.4) is 0 Å². The number of rotatable bonds is 4. The Morgan fingerprint density at radius 3 is 2.43 bits per heavy atom. The molecule has 0 unspecified atom stereocenters. The molecule has 0 bridgehead atoms. The molecule has 110 valence electrons. The number of halogens is 2. The number of hydrogen-bond acceptors (Lipinski definition) is 2. The molecule has 21 heavy (non-hydrogen) atoms. The highest BCUT2D eigenvalue weighted by atomic mass is 35.5. The Bertz CT molecular complexity index is 648. The number of anilines is 1. The number of aryl methyl sites for hydroxylation is 2. The molecule has 0 aliphatic heterocycles. The van der Waals surface area contributed by atoms with E-state index >= 15 is 0 Å². The maximum absolute atomic E-state index is 11.8. The lowest BCUT2D eigenvalue weighted by atomic mass is 10.1. The molecular formula is C16H15Cl2NO2. The van der Waals surface area contributed by atoms with Crippen LogP contribution in [0.25, 0.3) is 0 Å². The molecule has 0 saturated carbocycles. The van der Waals surface area contributed by atoms with Gasteiger partial charge >= 0.3 is 0 Å². The van der Waals surface area contributed by atoms with Crippen molar-refractivity contribution in [2.45, 2.75) is 13.8 Å². The van der Waals surface area contributed by atoms with Gasteiger partial charge in [-0.25, -0.2) is 0 Å². The molecule has 0 heterocycles. The standard InChI is InChI=1S/C16H15Cl2NO2/c1-10-6-14(7-11(2)16(10)18)21-9-15(20)19-13-5-3-4-12(17)8-13/h3-8H,9H2,1-2H3,(H,19,20). The highest BCUT2D eigenvalue weighted by Crippen LogP contribution is 2.25. The summed E-state index contributed by atoms with van der Waals surface area (Å²) in [5.74, 6) is 0.373. The van der Waals surface area contributed by atoms with Gasteiger partial charge in [0, 0.05) is 15.7 Å². The molecule has 0 saturated heterocycles. The second-order valence-electron chi connectivity index (χ2n) is 4.72. The summed E-state index contributed by atoms with van der Waals surface area (Å²) in [5, 5.41) is 4.00. The molecule has 2 aromatic rings. The number of nitrogens with one attached hydrogen (secondary N) is 1. The maximum atomic E-state index is 11.8. The van der Waals surface area contributed by atoms with E-state index in [-0.39, 0.29) is 12.5 Å². The van der Waals surface area contributed by atoms with Crippen LogP contribution in [-0.2, 0) is 4.79 Å². The Hall–Kier alpha value is -1.71. The van der Waals surface area contributed by atoms with Gasteiger partial charge in [-0.05, 0) is 55.3 Å². The Balaban J connectivity index is 1.95. The fraction of sp³-hybridized carbons (Fsp3) is 0.188. The van der Waals surface area contributed by atoms with E-state index in [9.17, 15) is 4.79 Å². The third kappa shape index (κ3) is 4.38. The summed E-state index contributed by atoms with van der Waals surface area (Å²) in [4.78, 5) is 11.8. The predicted octanol–water partition coefficient (Wildman–Crippen LogP) is 4.63. The molecule has 0 fully saturated rings. The van der Waals surface area contributed by atoms with Crippen molar-refractivity contribution in [3.8, 4) is 5.75 Å². The zero-order valence-corrected chi connectivity index (χ0v) is 13.3. The number of ether oxygens (including phenoxy) is 1. The molecular weight excluding hydrogens is 309 g/mol. The van der Waals surface area contributed by atoms with Gasteiger partial charge in [0.2, 0.25) is 0 Å². The van der Waals surface area contributed by atoms with Crippen LogP contribution in [0.1, 0.15) is 11.1 Å². The Morgan fingerprint density at radius 1 is 1.14 bits per heavy atom. The quantitative estimate of drug-likeness (QED) is 0.890. The highest BCUT2D eigenvalue weighted by Gasteiger charge is 2.07. The van der Waals surface area contributed by atoms with Crippen LogP contribution in [0.2, 0.25) is 10.0 Å². The minimum Gasteiger partial charge on any atom is -0.484 e. The van der Waals surface area contributed by atoms with Gasteiger partial charge in [0.05, 0.1) is 0 Å². The van der Waals surface area contributed by atoms with E-state index in [1.807, 2.05) is 26.0 Å². The van der Waals surface area contributed by atoms with E-state index in [1.165, 1.54) is 0 Å². The summed E-state index contributed by atoms with van der Waals surface area (Å²) in [6, 6.07) is 10.6. The van der Waals surface area contributed by atoms with Crippen LogP contribution in [0, 0.1) is 13.8 Å². The molecule has 1 N–H and O–H groups in total. The molecule has 0 aliphatic rings. The predicted molar refractivity (Wildman–Crippen MR) is 86.5 cm³/mol. The largest absolute Gasteiger partial charge is 0.484 e. The second-order valence-corrected chi connectivity index (χ2v) is 5.53. The first-order valence-corrected chi connectivity index (χ1v) is 7.16. The molecule has 0 radical (unpaired) electrons. The minimum absolute atomic E-state index is 0.0764. The lowest BCUT2D eigenvalue weighted by Gasteiger charge is -2.10. The molecule has 2 rings (SSSR count). The maximum Gasteiger partial charge on any atom is 0.262 e. The normalized spacial score (nSPS) is 10.3. The SMILES string of the molecule is Cc1cc(OCC(=O)Nc2cccc(Cl)c2)cc(C)c1Cl. The summed E-state index contributed by atoms with van der Waals surface area (Å²) in [7, 11) is 0. The Kier molecular flexibility index (Phi) is 5.10. The first-order chi connectivity index (χ1) is 9.95. The molecule has 0 aromatic heterocycles. The summed E-state index contributed by atoms with van der Waals surface area (Å²) in [5.41, 5.74) is 2.48. The van der Waals surface area contributed by atoms with Crippen molar-refractivity contribution in [2.24, 2.45) is 0 Å². The summed E-state index contributed by atoms with van der Waals surface area (Å²) in [6.07, 6.45) is 0. The number of carbonyl (C=O) groups excluding carboxylic acids is 1. The summed E-state index contributed by atoms with van der Waals surface area (Å²) in [6.45, 7) is 3.72. The molecule has 3 nitrogen and oxygen atoms in total. The number of carbonyl (C=O) groups is 1. The first-order valence-electron chi connectivity index (χ1n) is 6.40. The van der Waals surface area contributed by atoms with Gasteiger partial charge in [-0.15, -0.1) is 0 Å². The van der Waals surface area contributed by atoms with Gasteiger partial charge in [0.25, 0.3) is 5.91 Å². The van der Waals surface area contributed by atoms with Crippen molar-refractivity contribution < 1.29 is 9.53 Å². The van der Waals surface area contributed by atoms with Crippen molar-refractivity contribution in [1.82, 2.24) is 0 Å². The van der Waals surface area contributed by atoms with Crippen molar-refractivity contribution in [2.75, 3.05) is 11.9 Å². The van der Waals surface area contributed by atoms with Crippen molar-refractivity contribution in [3.63, 3.8) is 0 Å². The number of hydrogen-bond donors (Lipinski definition) is 1. The highest BCUT2D eigenvalue weighted by molar-refractivity contribution is 6.32. The minimum atomic E-state index is -0.248. The average Bonchev–Trinajstić information content (AvgIpc) is 2.42. The van der Waals surface area contributed by atoms with Gasteiger partial charge < -0.3 is 10.1 Å². The van der Waals surface area contributed by atoms with Gasteiger partial charge in [-0.2, -0.15) is 0 Å². The van der Waals surface area contributed by atoms with Crippen LogP contribution in [0.5, 0.6) is 5.75 Å². The average molecular weight is 324 g/mol. The third-order valence-corrected chi connectivity index (χ3v) is 3.72. The van der Waals surface area contributed by atoms with E-state index in [0.29, 0.717) is 21.5 Å². The second kappa shape index (κ2) is 6.83. The van der Waals surface area contributed by atoms with Crippen LogP contribution < -0.4 is 10.1 Å². The van der Waals surface area contributed by atoms with E-state index in [2.05, 4.69) is 5.32 Å². The number of benzene rings is 2. The zero-order valence-electron chi connectivity index (χ0n) is 11.7. The van der Waals surface area contributed by atoms with Gasteiger partial charge in [-0.3, -0.25) is 4.79 Å². The molecule has 0 spiro atoms. The van der Waals surface area contributed by atoms with Gasteiger partial charge in [0.15, 0.2) is 6.61 Å². The van der Waals surface area contributed by atoms with Gasteiger partial charge in [0.1, 0.15) is 5.75 Å². The fourth-order valence-electron chi connectivity index (χ4n) is 1.90. The van der Waals surface area contributed by atoms with Crippen molar-refractivity contribution in [3.05, 3.63) is 57.6 Å². The Labute approximate surface area is 133 Å². The molecule has 5 heteroatoms. The molecule has 0 atom stereocenters. The van der Waals surface area contributed by atoms with Crippen LogP contribution in [0.4, 0.5) is 5.69 Å². The third-order valence-electron chi connectivity index (χ3n) is 2.89. The lowest BCUT2D eigenvalue weighted by Crippen LogP contribution is -2.20. The molecule has 2 aromatic carbocycles. The lowest BCUT2D eigenvalue weighted by molar-refractivity contribution is -0.118. The van der Waals surface area contributed by atoms with E-state index in [1.54, 1.807) is 24.3 Å². The van der Waals surface area contributed by atoms with E-state index < -0.39 is 0 Å². The zero-order chi connectivity index (χ0) is 15.4. The monoisotopic (exact) mass is 323 g/mol. The topological polar surface area (TPSA) is 38.3 Å². The van der Waals surface area contributed by atoms with E-state index in [0.717, 1.165) is 11.1 Å². The van der Waals surface area contributed by atoms with Crippen LogP contribution in [-0.4, -0.2) is 12.5 Å². The molecule has 1 amide bonds. The number of amides is 1. The molecule has 0 aliphatic carbocycles.